The van der Waals surface area contributed by atoms with Crippen LogP contribution in [0.1, 0.15) is 6.42 Å². The zero-order valence-corrected chi connectivity index (χ0v) is 15.6. The number of carbonyl (C=O) groups is 1. The molecule has 4 nitrogen and oxygen atoms in total. The minimum Gasteiger partial charge on any atom is -0.491 e. The standard InChI is InChI=1S/C19H19Cl2FN2O2/c20-14-2-1-3-16(12-14)23-7-9-24(10-8-23)19(25)6-11-26-18-5-4-15(22)13-17(18)21/h1-5,12-13H,6-11H2. The highest BCUT2D eigenvalue weighted by atomic mass is 35.5. The number of halogens is 3. The van der Waals surface area contributed by atoms with Crippen molar-refractivity contribution in [2.75, 3.05) is 37.7 Å². The Balaban J connectivity index is 1.45. The van der Waals surface area contributed by atoms with E-state index in [9.17, 15) is 9.18 Å². The number of ether oxygens (including phenoxy) is 1. The molecule has 1 heterocycles. The van der Waals surface area contributed by atoms with Gasteiger partial charge in [0.2, 0.25) is 5.91 Å². The lowest BCUT2D eigenvalue weighted by Crippen LogP contribution is -2.49. The van der Waals surface area contributed by atoms with Gasteiger partial charge in [0.05, 0.1) is 18.1 Å². The first-order chi connectivity index (χ1) is 12.5. The van der Waals surface area contributed by atoms with Gasteiger partial charge in [-0.05, 0) is 36.4 Å². The van der Waals surface area contributed by atoms with Gasteiger partial charge in [-0.3, -0.25) is 4.79 Å². The van der Waals surface area contributed by atoms with Crippen LogP contribution in [-0.2, 0) is 4.79 Å². The highest BCUT2D eigenvalue weighted by molar-refractivity contribution is 6.32. The summed E-state index contributed by atoms with van der Waals surface area (Å²) in [7, 11) is 0. The van der Waals surface area contributed by atoms with Crippen molar-refractivity contribution in [2.45, 2.75) is 6.42 Å². The summed E-state index contributed by atoms with van der Waals surface area (Å²) in [5, 5.41) is 0.908. The van der Waals surface area contributed by atoms with Crippen LogP contribution in [0.15, 0.2) is 42.5 Å². The Morgan fingerprint density at radius 2 is 1.85 bits per heavy atom. The minimum absolute atomic E-state index is 0.0361. The van der Waals surface area contributed by atoms with E-state index in [1.165, 1.54) is 18.2 Å². The molecule has 0 aliphatic carbocycles. The molecular formula is C19H19Cl2FN2O2. The second-order valence-corrected chi connectivity index (χ2v) is 6.86. The van der Waals surface area contributed by atoms with E-state index in [0.717, 1.165) is 18.8 Å². The predicted octanol–water partition coefficient (Wildman–Crippen LogP) is 4.25. The summed E-state index contributed by atoms with van der Waals surface area (Å²) in [5.74, 6) is -0.00313. The number of benzene rings is 2. The Morgan fingerprint density at radius 1 is 1.08 bits per heavy atom. The maximum absolute atomic E-state index is 13.0. The van der Waals surface area contributed by atoms with Crippen LogP contribution in [0.25, 0.3) is 0 Å². The van der Waals surface area contributed by atoms with Crippen LogP contribution in [0, 0.1) is 5.82 Å². The van der Waals surface area contributed by atoms with Crippen LogP contribution in [0.3, 0.4) is 0 Å². The second kappa shape index (κ2) is 8.60. The summed E-state index contributed by atoms with van der Waals surface area (Å²) in [6, 6.07) is 11.6. The number of nitrogens with zero attached hydrogens (tertiary/aromatic N) is 2. The van der Waals surface area contributed by atoms with E-state index in [-0.39, 0.29) is 24.0 Å². The Hall–Kier alpha value is -1.98. The first-order valence-corrected chi connectivity index (χ1v) is 9.14. The lowest BCUT2D eigenvalue weighted by Gasteiger charge is -2.36. The van der Waals surface area contributed by atoms with Crippen LogP contribution in [0.5, 0.6) is 5.75 Å². The second-order valence-electron chi connectivity index (χ2n) is 6.02. The highest BCUT2D eigenvalue weighted by Gasteiger charge is 2.21. The molecule has 0 radical (unpaired) electrons. The number of rotatable bonds is 5. The normalized spacial score (nSPS) is 14.4. The Labute approximate surface area is 162 Å². The SMILES string of the molecule is O=C(CCOc1ccc(F)cc1Cl)N1CCN(c2cccc(Cl)c2)CC1. The van der Waals surface area contributed by atoms with Crippen LogP contribution in [0.2, 0.25) is 10.0 Å². The molecule has 1 saturated heterocycles. The van der Waals surface area contributed by atoms with E-state index in [1.54, 1.807) is 0 Å². The Kier molecular flexibility index (Phi) is 6.22. The van der Waals surface area contributed by atoms with Crippen molar-refractivity contribution in [2.24, 2.45) is 0 Å². The molecule has 3 rings (SSSR count). The average Bonchev–Trinajstić information content (AvgIpc) is 2.63. The van der Waals surface area contributed by atoms with Gasteiger partial charge < -0.3 is 14.5 Å². The summed E-state index contributed by atoms with van der Waals surface area (Å²) < 4.78 is 18.5. The predicted molar refractivity (Wildman–Crippen MR) is 102 cm³/mol. The van der Waals surface area contributed by atoms with Crippen molar-refractivity contribution in [3.63, 3.8) is 0 Å². The lowest BCUT2D eigenvalue weighted by atomic mass is 10.2. The molecule has 1 fully saturated rings. The fourth-order valence-corrected chi connectivity index (χ4v) is 3.29. The summed E-state index contributed by atoms with van der Waals surface area (Å²) in [5.41, 5.74) is 1.07. The van der Waals surface area contributed by atoms with Gasteiger partial charge in [-0.25, -0.2) is 4.39 Å². The van der Waals surface area contributed by atoms with Crippen molar-refractivity contribution in [3.8, 4) is 5.75 Å². The molecule has 138 valence electrons. The third kappa shape index (κ3) is 4.80. The molecule has 2 aromatic rings. The van der Waals surface area contributed by atoms with Crippen LogP contribution in [0.4, 0.5) is 10.1 Å². The molecule has 2 aromatic carbocycles. The highest BCUT2D eigenvalue weighted by Crippen LogP contribution is 2.25. The van der Waals surface area contributed by atoms with Crippen LogP contribution >= 0.6 is 23.2 Å². The molecular weight excluding hydrogens is 378 g/mol. The molecule has 0 unspecified atom stereocenters. The first-order valence-electron chi connectivity index (χ1n) is 8.39. The smallest absolute Gasteiger partial charge is 0.226 e. The summed E-state index contributed by atoms with van der Waals surface area (Å²) in [6.07, 6.45) is 0.255. The van der Waals surface area contributed by atoms with E-state index in [1.807, 2.05) is 29.2 Å². The molecule has 0 aromatic heterocycles. The topological polar surface area (TPSA) is 32.8 Å². The Bertz CT molecular complexity index is 780. The van der Waals surface area contributed by atoms with Gasteiger partial charge in [0, 0.05) is 36.9 Å². The zero-order chi connectivity index (χ0) is 18.5. The lowest BCUT2D eigenvalue weighted by molar-refractivity contribution is -0.132. The molecule has 26 heavy (non-hydrogen) atoms. The molecule has 1 amide bonds. The van der Waals surface area contributed by atoms with E-state index in [4.69, 9.17) is 27.9 Å². The van der Waals surface area contributed by atoms with Gasteiger partial charge in [0.1, 0.15) is 11.6 Å². The van der Waals surface area contributed by atoms with E-state index < -0.39 is 5.82 Å². The molecule has 0 atom stereocenters. The molecule has 0 N–H and O–H groups in total. The maximum Gasteiger partial charge on any atom is 0.226 e. The van der Waals surface area contributed by atoms with Crippen molar-refractivity contribution >= 4 is 34.8 Å². The third-order valence-corrected chi connectivity index (χ3v) is 4.80. The quantitative estimate of drug-likeness (QED) is 0.756. The number of anilines is 1. The zero-order valence-electron chi connectivity index (χ0n) is 14.1. The average molecular weight is 397 g/mol. The van der Waals surface area contributed by atoms with E-state index >= 15 is 0 Å². The van der Waals surface area contributed by atoms with E-state index in [2.05, 4.69) is 4.90 Å². The molecule has 1 aliphatic heterocycles. The van der Waals surface area contributed by atoms with Crippen LogP contribution < -0.4 is 9.64 Å². The van der Waals surface area contributed by atoms with E-state index in [0.29, 0.717) is 23.9 Å². The summed E-state index contributed by atoms with van der Waals surface area (Å²) in [6.45, 7) is 3.04. The van der Waals surface area contributed by atoms with Crippen molar-refractivity contribution < 1.29 is 13.9 Å². The molecule has 0 bridgehead atoms. The monoisotopic (exact) mass is 396 g/mol. The van der Waals surface area contributed by atoms with Crippen molar-refractivity contribution in [1.82, 2.24) is 4.90 Å². The third-order valence-electron chi connectivity index (χ3n) is 4.27. The van der Waals surface area contributed by atoms with Crippen LogP contribution in [-0.4, -0.2) is 43.6 Å². The van der Waals surface area contributed by atoms with Gasteiger partial charge in [0.15, 0.2) is 0 Å². The van der Waals surface area contributed by atoms with Crippen molar-refractivity contribution in [1.29, 1.82) is 0 Å². The maximum atomic E-state index is 13.0. The number of hydrogen-bond donors (Lipinski definition) is 0. The molecule has 1 aliphatic rings. The molecule has 0 spiro atoms. The minimum atomic E-state index is -0.420. The number of amides is 1. The van der Waals surface area contributed by atoms with Gasteiger partial charge in [-0.1, -0.05) is 29.3 Å². The number of hydrogen-bond acceptors (Lipinski definition) is 3. The van der Waals surface area contributed by atoms with Gasteiger partial charge in [-0.2, -0.15) is 0 Å². The summed E-state index contributed by atoms with van der Waals surface area (Å²) >= 11 is 11.9. The molecule has 7 heteroatoms. The van der Waals surface area contributed by atoms with Gasteiger partial charge in [0.25, 0.3) is 0 Å². The number of carbonyl (C=O) groups excluding carboxylic acids is 1. The van der Waals surface area contributed by atoms with Gasteiger partial charge >= 0.3 is 0 Å². The van der Waals surface area contributed by atoms with Gasteiger partial charge in [-0.15, -0.1) is 0 Å². The fraction of sp³-hybridized carbons (Fsp3) is 0.316. The molecule has 0 saturated carbocycles. The largest absolute Gasteiger partial charge is 0.491 e. The fourth-order valence-electron chi connectivity index (χ4n) is 2.89. The number of piperazine rings is 1. The first kappa shape index (κ1) is 18.8. The summed E-state index contributed by atoms with van der Waals surface area (Å²) in [4.78, 5) is 16.4. The van der Waals surface area contributed by atoms with Crippen molar-refractivity contribution in [3.05, 3.63) is 58.3 Å². The Morgan fingerprint density at radius 3 is 2.54 bits per heavy atom.